The third-order valence-corrected chi connectivity index (χ3v) is 2.05. The number of hydrogen-bond acceptors (Lipinski definition) is 4. The highest BCUT2D eigenvalue weighted by molar-refractivity contribution is 7.80. The van der Waals surface area contributed by atoms with Crippen LogP contribution in [0.4, 0.5) is 10.5 Å². The summed E-state index contributed by atoms with van der Waals surface area (Å²) in [4.78, 5) is 14.7. The second-order valence-electron chi connectivity index (χ2n) is 3.00. The molecule has 0 unspecified atom stereocenters. The van der Waals surface area contributed by atoms with Gasteiger partial charge in [-0.25, -0.2) is 4.79 Å². The number of nitrogens with zero attached hydrogens (tertiary/aromatic N) is 1. The molecule has 86 valence electrons. The smallest absolute Gasteiger partial charge is 0.312 e. The molecule has 0 saturated carbocycles. The molecule has 1 heterocycles. The fourth-order valence-corrected chi connectivity index (χ4v) is 1.31. The third-order valence-electron chi connectivity index (χ3n) is 1.83. The summed E-state index contributed by atoms with van der Waals surface area (Å²) in [5.74, 6) is 0. The molecule has 0 aliphatic rings. The summed E-state index contributed by atoms with van der Waals surface area (Å²) >= 11 is 4.89. The number of pyridine rings is 1. The summed E-state index contributed by atoms with van der Waals surface area (Å²) < 4.78 is 0. The van der Waals surface area contributed by atoms with E-state index in [4.69, 9.17) is 23.7 Å². The lowest BCUT2D eigenvalue weighted by molar-refractivity contribution is 0.249. The maximum Gasteiger partial charge on any atom is 0.312 e. The lowest BCUT2D eigenvalue weighted by atomic mass is 10.2. The zero-order valence-corrected chi connectivity index (χ0v) is 9.38. The molecule has 0 radical (unpaired) electrons. The Kier molecular flexibility index (Phi) is 4.46. The summed E-state index contributed by atoms with van der Waals surface area (Å²) in [5, 5.41) is 5.51. The second-order valence-corrected chi connectivity index (χ2v) is 3.44. The van der Waals surface area contributed by atoms with Crippen LogP contribution in [0.2, 0.25) is 0 Å². The van der Waals surface area contributed by atoms with E-state index in [1.807, 2.05) is 0 Å². The molecule has 6 nitrogen and oxygen atoms in total. The number of nitrogens with one attached hydrogen (secondary N) is 2. The van der Waals surface area contributed by atoms with Crippen LogP contribution in [0, 0.1) is 0 Å². The number of nitrogens with two attached hydrogens (primary N) is 2. The Morgan fingerprint density at radius 2 is 2.19 bits per heavy atom. The van der Waals surface area contributed by atoms with Crippen LogP contribution in [0.1, 0.15) is 5.56 Å². The van der Waals surface area contributed by atoms with Crippen LogP contribution in [-0.4, -0.2) is 29.1 Å². The van der Waals surface area contributed by atoms with Crippen LogP contribution in [0.15, 0.2) is 18.5 Å². The SMILES string of the molecule is NC(=O)NCCNc1cnccc1C(N)=S. The number of primary amides is 1. The van der Waals surface area contributed by atoms with Gasteiger partial charge in [0.2, 0.25) is 0 Å². The largest absolute Gasteiger partial charge is 0.389 e. The van der Waals surface area contributed by atoms with Crippen molar-refractivity contribution in [1.82, 2.24) is 10.3 Å². The Bertz CT molecular complexity index is 395. The summed E-state index contributed by atoms with van der Waals surface area (Å²) in [7, 11) is 0. The molecular weight excluding hydrogens is 226 g/mol. The van der Waals surface area contributed by atoms with Crippen molar-refractivity contribution in [2.24, 2.45) is 11.5 Å². The minimum absolute atomic E-state index is 0.299. The number of rotatable bonds is 5. The predicted octanol–water partition coefficient (Wildman–Crippen LogP) is -0.204. The third kappa shape index (κ3) is 3.70. The summed E-state index contributed by atoms with van der Waals surface area (Å²) in [6, 6.07) is 1.18. The standard InChI is InChI=1S/C9H13N5OS/c10-8(16)6-1-2-12-5-7(6)13-3-4-14-9(11)15/h1-2,5,13H,3-4H2,(H2,10,16)(H3,11,14,15). The van der Waals surface area contributed by atoms with Gasteiger partial charge >= 0.3 is 6.03 Å². The zero-order chi connectivity index (χ0) is 12.0. The van der Waals surface area contributed by atoms with Gasteiger partial charge in [-0.05, 0) is 6.07 Å². The number of aromatic nitrogens is 1. The van der Waals surface area contributed by atoms with Crippen LogP contribution < -0.4 is 22.1 Å². The topological polar surface area (TPSA) is 106 Å². The molecule has 0 bridgehead atoms. The minimum atomic E-state index is -0.553. The molecule has 2 amide bonds. The Labute approximate surface area is 98.4 Å². The number of hydrogen-bond donors (Lipinski definition) is 4. The van der Waals surface area contributed by atoms with Crippen LogP contribution in [-0.2, 0) is 0 Å². The Morgan fingerprint density at radius 1 is 1.44 bits per heavy atom. The van der Waals surface area contributed by atoms with Crippen LogP contribution in [0.3, 0.4) is 0 Å². The zero-order valence-electron chi connectivity index (χ0n) is 8.56. The molecule has 7 heteroatoms. The first kappa shape index (κ1) is 12.2. The number of thiocarbonyl (C=S) groups is 1. The fourth-order valence-electron chi connectivity index (χ4n) is 1.13. The van der Waals surface area contributed by atoms with Crippen LogP contribution >= 0.6 is 12.2 Å². The Hall–Kier alpha value is -1.89. The molecule has 16 heavy (non-hydrogen) atoms. The Morgan fingerprint density at radius 3 is 2.81 bits per heavy atom. The number of carbonyl (C=O) groups is 1. The first-order chi connectivity index (χ1) is 7.61. The molecule has 0 saturated heterocycles. The van der Waals surface area contributed by atoms with Crippen molar-refractivity contribution in [3.05, 3.63) is 24.0 Å². The van der Waals surface area contributed by atoms with E-state index in [-0.39, 0.29) is 0 Å². The summed E-state index contributed by atoms with van der Waals surface area (Å²) in [6.45, 7) is 0.936. The van der Waals surface area contributed by atoms with Gasteiger partial charge in [0.25, 0.3) is 0 Å². The lowest BCUT2D eigenvalue weighted by Gasteiger charge is -2.10. The van der Waals surface area contributed by atoms with Gasteiger partial charge in [0.05, 0.1) is 11.9 Å². The summed E-state index contributed by atoms with van der Waals surface area (Å²) in [6.07, 6.45) is 3.24. The molecule has 1 aromatic heterocycles. The molecule has 0 spiro atoms. The van der Waals surface area contributed by atoms with E-state index in [2.05, 4.69) is 15.6 Å². The van der Waals surface area contributed by atoms with Gasteiger partial charge in [-0.2, -0.15) is 0 Å². The second kappa shape index (κ2) is 5.86. The Balaban J connectivity index is 2.53. The van der Waals surface area contributed by atoms with E-state index in [1.54, 1.807) is 18.5 Å². The molecule has 0 atom stereocenters. The molecule has 0 fully saturated rings. The lowest BCUT2D eigenvalue weighted by Crippen LogP contribution is -2.33. The number of urea groups is 1. The quantitative estimate of drug-likeness (QED) is 0.420. The maximum atomic E-state index is 10.4. The van der Waals surface area contributed by atoms with E-state index in [0.29, 0.717) is 18.1 Å². The van der Waals surface area contributed by atoms with Crippen molar-refractivity contribution >= 4 is 28.9 Å². The van der Waals surface area contributed by atoms with E-state index >= 15 is 0 Å². The van der Waals surface area contributed by atoms with Gasteiger partial charge in [-0.3, -0.25) is 4.98 Å². The number of anilines is 1. The van der Waals surface area contributed by atoms with E-state index in [0.717, 1.165) is 11.3 Å². The first-order valence-electron chi connectivity index (χ1n) is 4.62. The molecule has 1 rings (SSSR count). The maximum absolute atomic E-state index is 10.4. The van der Waals surface area contributed by atoms with Crippen molar-refractivity contribution in [3.63, 3.8) is 0 Å². The highest BCUT2D eigenvalue weighted by Crippen LogP contribution is 2.12. The fraction of sp³-hybridized carbons (Fsp3) is 0.222. The van der Waals surface area contributed by atoms with Gasteiger partial charge < -0.3 is 22.1 Å². The van der Waals surface area contributed by atoms with Crippen molar-refractivity contribution in [3.8, 4) is 0 Å². The number of carbonyl (C=O) groups excluding carboxylic acids is 1. The molecule has 0 aliphatic carbocycles. The average molecular weight is 239 g/mol. The monoisotopic (exact) mass is 239 g/mol. The normalized spacial score (nSPS) is 9.50. The molecule has 6 N–H and O–H groups in total. The van der Waals surface area contributed by atoms with E-state index < -0.39 is 6.03 Å². The number of amides is 2. The van der Waals surface area contributed by atoms with Gasteiger partial charge in [0.1, 0.15) is 4.99 Å². The molecule has 0 aliphatic heterocycles. The van der Waals surface area contributed by atoms with Gasteiger partial charge in [-0.1, -0.05) is 12.2 Å². The van der Waals surface area contributed by atoms with Crippen molar-refractivity contribution in [2.75, 3.05) is 18.4 Å². The van der Waals surface area contributed by atoms with Crippen molar-refractivity contribution < 1.29 is 4.79 Å². The molecule has 1 aromatic rings. The van der Waals surface area contributed by atoms with E-state index in [1.165, 1.54) is 0 Å². The first-order valence-corrected chi connectivity index (χ1v) is 5.03. The summed E-state index contributed by atoms with van der Waals surface area (Å²) in [5.41, 5.74) is 11.9. The minimum Gasteiger partial charge on any atom is -0.389 e. The molecular formula is C9H13N5OS. The highest BCUT2D eigenvalue weighted by Gasteiger charge is 2.03. The van der Waals surface area contributed by atoms with Crippen LogP contribution in [0.5, 0.6) is 0 Å². The van der Waals surface area contributed by atoms with Crippen molar-refractivity contribution in [2.45, 2.75) is 0 Å². The predicted molar refractivity (Wildman–Crippen MR) is 66.2 cm³/mol. The highest BCUT2D eigenvalue weighted by atomic mass is 32.1. The van der Waals surface area contributed by atoms with E-state index in [9.17, 15) is 4.79 Å². The van der Waals surface area contributed by atoms with Crippen LogP contribution in [0.25, 0.3) is 0 Å². The van der Waals surface area contributed by atoms with Gasteiger partial charge in [0, 0.05) is 24.8 Å². The van der Waals surface area contributed by atoms with Gasteiger partial charge in [-0.15, -0.1) is 0 Å². The molecule has 0 aromatic carbocycles. The van der Waals surface area contributed by atoms with Crippen molar-refractivity contribution in [1.29, 1.82) is 0 Å². The van der Waals surface area contributed by atoms with Gasteiger partial charge in [0.15, 0.2) is 0 Å². The average Bonchev–Trinajstić information content (AvgIpc) is 2.24.